The van der Waals surface area contributed by atoms with Crippen molar-refractivity contribution in [3.05, 3.63) is 35.7 Å². The minimum Gasteiger partial charge on any atom is -0.491 e. The van der Waals surface area contributed by atoms with Crippen molar-refractivity contribution in [1.82, 2.24) is 15.2 Å². The van der Waals surface area contributed by atoms with E-state index >= 15 is 0 Å². The fourth-order valence-corrected chi connectivity index (χ4v) is 1.56. The number of nitrogens with zero attached hydrogens (tertiary/aromatic N) is 2. The maximum Gasteiger partial charge on any atom is 0.258 e. The summed E-state index contributed by atoms with van der Waals surface area (Å²) in [6.07, 6.45) is 0.0639. The van der Waals surface area contributed by atoms with E-state index in [2.05, 4.69) is 20.5 Å². The summed E-state index contributed by atoms with van der Waals surface area (Å²) in [5, 5.41) is 9.13. The summed E-state index contributed by atoms with van der Waals surface area (Å²) in [5.41, 5.74) is 0.501. The van der Waals surface area contributed by atoms with Gasteiger partial charge in [-0.25, -0.2) is 0 Å². The van der Waals surface area contributed by atoms with Crippen molar-refractivity contribution in [2.75, 3.05) is 5.32 Å². The molecule has 0 fully saturated rings. The van der Waals surface area contributed by atoms with E-state index in [1.165, 1.54) is 0 Å². The number of rotatable bonds is 4. The van der Waals surface area contributed by atoms with E-state index in [-0.39, 0.29) is 18.0 Å². The molecule has 0 atom stereocenters. The van der Waals surface area contributed by atoms with Gasteiger partial charge in [-0.3, -0.25) is 15.2 Å². The Morgan fingerprint density at radius 2 is 2.21 bits per heavy atom. The third-order valence-electron chi connectivity index (χ3n) is 2.29. The Labute approximate surface area is 111 Å². The topological polar surface area (TPSA) is 79.9 Å². The fourth-order valence-electron chi connectivity index (χ4n) is 1.56. The largest absolute Gasteiger partial charge is 0.491 e. The second kappa shape index (κ2) is 5.51. The minimum atomic E-state index is -0.270. The van der Waals surface area contributed by atoms with Crippen LogP contribution in [-0.2, 0) is 0 Å². The molecule has 1 aromatic heterocycles. The third kappa shape index (κ3) is 3.54. The van der Waals surface area contributed by atoms with Gasteiger partial charge in [-0.15, -0.1) is 5.10 Å². The molecule has 0 radical (unpaired) electrons. The van der Waals surface area contributed by atoms with E-state index in [1.54, 1.807) is 25.1 Å². The number of H-pyrrole nitrogens is 1. The summed E-state index contributed by atoms with van der Waals surface area (Å²) in [7, 11) is 0. The number of carbonyl (C=O) groups excluding carboxylic acids is 1. The van der Waals surface area contributed by atoms with Crippen molar-refractivity contribution in [2.45, 2.75) is 26.9 Å². The highest BCUT2D eigenvalue weighted by Crippen LogP contribution is 2.15. The lowest BCUT2D eigenvalue weighted by molar-refractivity contribution is 0.102. The van der Waals surface area contributed by atoms with Crippen molar-refractivity contribution in [3.8, 4) is 5.75 Å². The second-order valence-electron chi connectivity index (χ2n) is 4.39. The first-order chi connectivity index (χ1) is 9.04. The van der Waals surface area contributed by atoms with Crippen molar-refractivity contribution in [3.63, 3.8) is 0 Å². The zero-order valence-corrected chi connectivity index (χ0v) is 11.1. The van der Waals surface area contributed by atoms with Crippen molar-refractivity contribution >= 4 is 11.9 Å². The molecule has 1 heterocycles. The molecule has 6 heteroatoms. The van der Waals surface area contributed by atoms with Crippen molar-refractivity contribution in [1.29, 1.82) is 0 Å². The highest BCUT2D eigenvalue weighted by molar-refractivity contribution is 6.03. The first-order valence-electron chi connectivity index (χ1n) is 6.01. The molecule has 0 aliphatic carbocycles. The normalized spacial score (nSPS) is 10.5. The minimum absolute atomic E-state index is 0.0639. The van der Waals surface area contributed by atoms with E-state index in [1.807, 2.05) is 19.9 Å². The molecule has 0 aliphatic heterocycles. The van der Waals surface area contributed by atoms with Gasteiger partial charge >= 0.3 is 0 Å². The van der Waals surface area contributed by atoms with Crippen LogP contribution >= 0.6 is 0 Å². The molecule has 2 aromatic rings. The van der Waals surface area contributed by atoms with Crippen LogP contribution in [0.2, 0.25) is 0 Å². The van der Waals surface area contributed by atoms with Crippen LogP contribution in [0.4, 0.5) is 5.95 Å². The number of amides is 1. The standard InChI is InChI=1S/C13H16N4O2/c1-8(2)19-11-6-4-5-10(7-11)12(18)15-13-14-9(3)16-17-13/h4-8H,1-3H3,(H2,14,15,16,17,18). The Kier molecular flexibility index (Phi) is 3.79. The summed E-state index contributed by atoms with van der Waals surface area (Å²) in [4.78, 5) is 16.0. The maximum absolute atomic E-state index is 12.0. The van der Waals surface area contributed by atoms with Crippen LogP contribution in [0, 0.1) is 6.92 Å². The number of aromatic nitrogens is 3. The van der Waals surface area contributed by atoms with E-state index < -0.39 is 0 Å². The van der Waals surface area contributed by atoms with Crippen LogP contribution in [-0.4, -0.2) is 27.2 Å². The van der Waals surface area contributed by atoms with Gasteiger partial charge in [-0.05, 0) is 39.0 Å². The van der Waals surface area contributed by atoms with Crippen molar-refractivity contribution in [2.24, 2.45) is 0 Å². The Hall–Kier alpha value is -2.37. The predicted octanol–water partition coefficient (Wildman–Crippen LogP) is 2.15. The third-order valence-corrected chi connectivity index (χ3v) is 2.29. The van der Waals surface area contributed by atoms with Crippen molar-refractivity contribution < 1.29 is 9.53 Å². The Morgan fingerprint density at radius 1 is 1.42 bits per heavy atom. The quantitative estimate of drug-likeness (QED) is 0.882. The number of hydrogen-bond donors (Lipinski definition) is 2. The fraction of sp³-hybridized carbons (Fsp3) is 0.308. The molecule has 2 N–H and O–H groups in total. The van der Waals surface area contributed by atoms with Crippen LogP contribution in [0.1, 0.15) is 30.0 Å². The predicted molar refractivity (Wildman–Crippen MR) is 71.3 cm³/mol. The van der Waals surface area contributed by atoms with Crippen LogP contribution in [0.3, 0.4) is 0 Å². The average molecular weight is 260 g/mol. The molecular weight excluding hydrogens is 244 g/mol. The lowest BCUT2D eigenvalue weighted by Crippen LogP contribution is -2.13. The molecule has 0 bridgehead atoms. The molecule has 19 heavy (non-hydrogen) atoms. The number of ether oxygens (including phenoxy) is 1. The molecule has 0 spiro atoms. The lowest BCUT2D eigenvalue weighted by atomic mass is 10.2. The van der Waals surface area contributed by atoms with Crippen LogP contribution < -0.4 is 10.1 Å². The molecule has 2 rings (SSSR count). The number of nitrogens with one attached hydrogen (secondary N) is 2. The zero-order valence-electron chi connectivity index (χ0n) is 11.1. The van der Waals surface area contributed by atoms with Crippen LogP contribution in [0.25, 0.3) is 0 Å². The Balaban J connectivity index is 2.10. The van der Waals surface area contributed by atoms with Gasteiger partial charge in [0.25, 0.3) is 5.91 Å². The molecule has 1 amide bonds. The number of hydrogen-bond acceptors (Lipinski definition) is 4. The van der Waals surface area contributed by atoms with Gasteiger partial charge in [0, 0.05) is 5.56 Å². The Bertz CT molecular complexity index is 578. The zero-order chi connectivity index (χ0) is 13.8. The first-order valence-corrected chi connectivity index (χ1v) is 6.01. The van der Waals surface area contributed by atoms with Gasteiger partial charge in [0.05, 0.1) is 6.10 Å². The van der Waals surface area contributed by atoms with E-state index in [0.717, 1.165) is 0 Å². The Morgan fingerprint density at radius 3 is 2.84 bits per heavy atom. The highest BCUT2D eigenvalue weighted by atomic mass is 16.5. The maximum atomic E-state index is 12.0. The van der Waals surface area contributed by atoms with Gasteiger partial charge in [-0.2, -0.15) is 4.98 Å². The molecule has 6 nitrogen and oxygen atoms in total. The summed E-state index contributed by atoms with van der Waals surface area (Å²) in [6.45, 7) is 5.63. The van der Waals surface area contributed by atoms with E-state index in [9.17, 15) is 4.79 Å². The van der Waals surface area contributed by atoms with Gasteiger partial charge in [0.2, 0.25) is 5.95 Å². The summed E-state index contributed by atoms with van der Waals surface area (Å²) < 4.78 is 5.54. The SMILES string of the molecule is Cc1nc(NC(=O)c2cccc(OC(C)C)c2)n[nH]1. The van der Waals surface area contributed by atoms with Gasteiger partial charge in [0.1, 0.15) is 11.6 Å². The number of anilines is 1. The summed E-state index contributed by atoms with van der Waals surface area (Å²) in [6, 6.07) is 6.99. The average Bonchev–Trinajstić information content (AvgIpc) is 2.74. The van der Waals surface area contributed by atoms with E-state index in [4.69, 9.17) is 4.74 Å². The first kappa shape index (κ1) is 13.1. The summed E-state index contributed by atoms with van der Waals surface area (Å²) >= 11 is 0. The summed E-state index contributed by atoms with van der Waals surface area (Å²) in [5.74, 6) is 1.30. The highest BCUT2D eigenvalue weighted by Gasteiger charge is 2.10. The number of benzene rings is 1. The molecule has 0 unspecified atom stereocenters. The smallest absolute Gasteiger partial charge is 0.258 e. The monoisotopic (exact) mass is 260 g/mol. The lowest BCUT2D eigenvalue weighted by Gasteiger charge is -2.10. The van der Waals surface area contributed by atoms with E-state index in [0.29, 0.717) is 17.1 Å². The van der Waals surface area contributed by atoms with Gasteiger partial charge < -0.3 is 4.74 Å². The number of aryl methyl sites for hydroxylation is 1. The van der Waals surface area contributed by atoms with Crippen LogP contribution in [0.15, 0.2) is 24.3 Å². The van der Waals surface area contributed by atoms with Crippen LogP contribution in [0.5, 0.6) is 5.75 Å². The molecule has 100 valence electrons. The molecule has 0 saturated heterocycles. The van der Waals surface area contributed by atoms with Gasteiger partial charge in [-0.1, -0.05) is 6.07 Å². The molecule has 0 saturated carbocycles. The number of aromatic amines is 1. The number of carbonyl (C=O) groups is 1. The molecule has 1 aromatic carbocycles. The second-order valence-corrected chi connectivity index (χ2v) is 4.39. The molecule has 0 aliphatic rings. The molecular formula is C13H16N4O2. The van der Waals surface area contributed by atoms with Gasteiger partial charge in [0.15, 0.2) is 0 Å².